The Morgan fingerprint density at radius 1 is 0.545 bits per heavy atom. The van der Waals surface area contributed by atoms with Crippen molar-refractivity contribution in [2.45, 2.75) is 199 Å². The zero-order valence-corrected chi connectivity index (χ0v) is 29.0. The maximum atomic E-state index is 12.4. The van der Waals surface area contributed by atoms with Gasteiger partial charge >= 0.3 is 0 Å². The maximum Gasteiger partial charge on any atom is 0.249 e. The van der Waals surface area contributed by atoms with E-state index in [-0.39, 0.29) is 6.61 Å². The Morgan fingerprint density at radius 3 is 1.43 bits per heavy atom. The molecule has 3 atom stereocenters. The molecule has 5 nitrogen and oxygen atoms in total. The van der Waals surface area contributed by atoms with E-state index in [0.717, 1.165) is 51.4 Å². The molecule has 0 aromatic carbocycles. The number of allylic oxidation sites excluding steroid dienone is 5. The molecule has 0 heterocycles. The lowest BCUT2D eigenvalue weighted by Gasteiger charge is -2.21. The highest BCUT2D eigenvalue weighted by Crippen LogP contribution is 2.13. The fourth-order valence-electron chi connectivity index (χ4n) is 5.43. The van der Waals surface area contributed by atoms with Crippen LogP contribution in [0, 0.1) is 0 Å². The highest BCUT2D eigenvalue weighted by atomic mass is 16.3. The lowest BCUT2D eigenvalue weighted by Crippen LogP contribution is -2.48. The molecule has 0 spiro atoms. The molecule has 5 heteroatoms. The molecule has 44 heavy (non-hydrogen) atoms. The average Bonchev–Trinajstić information content (AvgIpc) is 3.03. The molecule has 0 aromatic heterocycles. The Morgan fingerprint density at radius 2 is 0.932 bits per heavy atom. The summed E-state index contributed by atoms with van der Waals surface area (Å²) in [7, 11) is 0. The molecule has 0 aliphatic heterocycles. The van der Waals surface area contributed by atoms with E-state index in [1.54, 1.807) is 6.08 Å². The number of carbonyl (C=O) groups excluding carboxylic acids is 1. The first-order valence-electron chi connectivity index (χ1n) is 18.8. The molecule has 0 rings (SSSR count). The molecule has 0 bridgehead atoms. The first-order valence-corrected chi connectivity index (χ1v) is 18.8. The fraction of sp³-hybridized carbons (Fsp3) is 0.821. The van der Waals surface area contributed by atoms with Gasteiger partial charge in [-0.25, -0.2) is 0 Å². The number of aliphatic hydroxyl groups is 3. The molecule has 4 N–H and O–H groups in total. The molecule has 0 saturated heterocycles. The molecular weight excluding hydrogens is 546 g/mol. The van der Waals surface area contributed by atoms with Crippen molar-refractivity contribution in [2.24, 2.45) is 0 Å². The summed E-state index contributed by atoms with van der Waals surface area (Å²) in [5.74, 6) is -0.525. The topological polar surface area (TPSA) is 89.8 Å². The van der Waals surface area contributed by atoms with Crippen LogP contribution >= 0.6 is 0 Å². The standard InChI is InChI=1S/C39H73NO4/c1-3-5-7-9-11-13-15-16-17-18-19-20-21-22-24-25-27-29-31-33-37(42)36(35-41)40-39(44)38(43)34-32-30-28-26-23-14-12-10-8-6-4-2/h12,14,24-25,31,33,36-38,41-43H,3-11,13,15-23,26-30,32,34-35H2,1-2H3,(H,40,44)/b14-12-,25-24+,33-31+. The second-order valence-electron chi connectivity index (χ2n) is 12.8. The SMILES string of the molecule is CCCCC/C=C\CCCCCCC(O)C(=O)NC(CO)C(O)/C=C/CC/C=C/CCCCCCCCCCCCCCC. The summed E-state index contributed by atoms with van der Waals surface area (Å²) < 4.78 is 0. The molecular formula is C39H73NO4. The van der Waals surface area contributed by atoms with Gasteiger partial charge in [-0.15, -0.1) is 0 Å². The second-order valence-corrected chi connectivity index (χ2v) is 12.8. The summed E-state index contributed by atoms with van der Waals surface area (Å²) in [5, 5.41) is 32.9. The van der Waals surface area contributed by atoms with Gasteiger partial charge in [0, 0.05) is 0 Å². The highest BCUT2D eigenvalue weighted by Gasteiger charge is 2.22. The Hall–Kier alpha value is -1.43. The van der Waals surface area contributed by atoms with Crippen LogP contribution in [0.25, 0.3) is 0 Å². The van der Waals surface area contributed by atoms with Gasteiger partial charge in [-0.1, -0.05) is 159 Å². The molecule has 0 aromatic rings. The van der Waals surface area contributed by atoms with Crippen molar-refractivity contribution in [3.63, 3.8) is 0 Å². The number of carbonyl (C=O) groups is 1. The predicted octanol–water partition coefficient (Wildman–Crippen LogP) is 10.0. The summed E-state index contributed by atoms with van der Waals surface area (Å²) in [6.45, 7) is 4.12. The molecule has 0 aliphatic rings. The smallest absolute Gasteiger partial charge is 0.249 e. The van der Waals surface area contributed by atoms with Crippen molar-refractivity contribution in [3.05, 3.63) is 36.5 Å². The largest absolute Gasteiger partial charge is 0.394 e. The van der Waals surface area contributed by atoms with E-state index in [9.17, 15) is 20.1 Å². The summed E-state index contributed by atoms with van der Waals surface area (Å²) in [6, 6.07) is -0.816. The Bertz CT molecular complexity index is 690. The lowest BCUT2D eigenvalue weighted by molar-refractivity contribution is -0.131. The number of nitrogens with one attached hydrogen (secondary N) is 1. The van der Waals surface area contributed by atoms with E-state index in [2.05, 4.69) is 43.5 Å². The van der Waals surface area contributed by atoms with E-state index in [1.165, 1.54) is 109 Å². The van der Waals surface area contributed by atoms with Gasteiger partial charge in [0.1, 0.15) is 6.10 Å². The number of hydrogen-bond donors (Lipinski definition) is 4. The van der Waals surface area contributed by atoms with Crippen molar-refractivity contribution in [2.75, 3.05) is 6.61 Å². The quantitative estimate of drug-likeness (QED) is 0.0435. The van der Waals surface area contributed by atoms with Crippen LogP contribution in [-0.2, 0) is 4.79 Å². The van der Waals surface area contributed by atoms with Crippen LogP contribution < -0.4 is 5.32 Å². The van der Waals surface area contributed by atoms with Gasteiger partial charge in [-0.3, -0.25) is 4.79 Å². The minimum absolute atomic E-state index is 0.380. The van der Waals surface area contributed by atoms with Gasteiger partial charge in [0.15, 0.2) is 0 Å². The van der Waals surface area contributed by atoms with Crippen LogP contribution in [0.2, 0.25) is 0 Å². The third-order valence-electron chi connectivity index (χ3n) is 8.45. The Labute approximate surface area is 273 Å². The number of rotatable bonds is 33. The van der Waals surface area contributed by atoms with E-state index < -0.39 is 24.2 Å². The maximum absolute atomic E-state index is 12.4. The van der Waals surface area contributed by atoms with Crippen LogP contribution in [0.1, 0.15) is 181 Å². The molecule has 0 aliphatic carbocycles. The van der Waals surface area contributed by atoms with E-state index in [0.29, 0.717) is 6.42 Å². The van der Waals surface area contributed by atoms with Gasteiger partial charge in [0.05, 0.1) is 18.8 Å². The molecule has 3 unspecified atom stereocenters. The molecule has 0 radical (unpaired) electrons. The van der Waals surface area contributed by atoms with Crippen LogP contribution in [0.15, 0.2) is 36.5 Å². The summed E-state index contributed by atoms with van der Waals surface area (Å²) in [6.07, 6.45) is 41.7. The van der Waals surface area contributed by atoms with E-state index >= 15 is 0 Å². The summed E-state index contributed by atoms with van der Waals surface area (Å²) >= 11 is 0. The van der Waals surface area contributed by atoms with Gasteiger partial charge in [-0.05, 0) is 57.8 Å². The molecule has 1 amide bonds. The summed E-state index contributed by atoms with van der Waals surface area (Å²) in [4.78, 5) is 12.4. The first-order chi connectivity index (χ1) is 21.6. The number of unbranched alkanes of at least 4 members (excludes halogenated alkanes) is 21. The minimum atomic E-state index is -1.11. The van der Waals surface area contributed by atoms with Gasteiger partial charge in [-0.2, -0.15) is 0 Å². The predicted molar refractivity (Wildman–Crippen MR) is 190 cm³/mol. The van der Waals surface area contributed by atoms with Crippen LogP contribution in [0.3, 0.4) is 0 Å². The summed E-state index contributed by atoms with van der Waals surface area (Å²) in [5.41, 5.74) is 0. The van der Waals surface area contributed by atoms with Crippen molar-refractivity contribution in [1.29, 1.82) is 0 Å². The van der Waals surface area contributed by atoms with Crippen LogP contribution in [0.4, 0.5) is 0 Å². The van der Waals surface area contributed by atoms with Gasteiger partial charge in [0.2, 0.25) is 5.91 Å². The third kappa shape index (κ3) is 29.3. The Kier molecular flexibility index (Phi) is 33.3. The van der Waals surface area contributed by atoms with Crippen LogP contribution in [0.5, 0.6) is 0 Å². The second kappa shape index (κ2) is 34.4. The van der Waals surface area contributed by atoms with E-state index in [4.69, 9.17) is 0 Å². The number of hydrogen-bond acceptors (Lipinski definition) is 4. The third-order valence-corrected chi connectivity index (χ3v) is 8.45. The lowest BCUT2D eigenvalue weighted by atomic mass is 10.0. The number of aliphatic hydroxyl groups excluding tert-OH is 3. The fourth-order valence-corrected chi connectivity index (χ4v) is 5.43. The van der Waals surface area contributed by atoms with E-state index in [1.807, 2.05) is 6.08 Å². The van der Waals surface area contributed by atoms with Crippen LogP contribution in [-0.4, -0.2) is 46.1 Å². The molecule has 0 saturated carbocycles. The highest BCUT2D eigenvalue weighted by molar-refractivity contribution is 5.80. The minimum Gasteiger partial charge on any atom is -0.394 e. The van der Waals surface area contributed by atoms with Crippen molar-refractivity contribution in [1.82, 2.24) is 5.32 Å². The monoisotopic (exact) mass is 620 g/mol. The first kappa shape index (κ1) is 42.6. The van der Waals surface area contributed by atoms with Gasteiger partial charge in [0.25, 0.3) is 0 Å². The number of amides is 1. The zero-order chi connectivity index (χ0) is 32.4. The molecule has 258 valence electrons. The van der Waals surface area contributed by atoms with Crippen molar-refractivity contribution in [3.8, 4) is 0 Å². The van der Waals surface area contributed by atoms with Crippen molar-refractivity contribution >= 4 is 5.91 Å². The zero-order valence-electron chi connectivity index (χ0n) is 29.0. The molecule has 0 fully saturated rings. The Balaban J connectivity index is 3.79. The average molecular weight is 620 g/mol. The van der Waals surface area contributed by atoms with Gasteiger partial charge < -0.3 is 20.6 Å². The van der Waals surface area contributed by atoms with Crippen molar-refractivity contribution < 1.29 is 20.1 Å². The normalized spacial score (nSPS) is 14.2.